The van der Waals surface area contributed by atoms with E-state index in [1.807, 2.05) is 13.8 Å². The largest absolute Gasteiger partial charge is 0.478 e. The predicted octanol–water partition coefficient (Wildman–Crippen LogP) is 2.04. The number of imide groups is 1. The Morgan fingerprint density at radius 3 is 2.38 bits per heavy atom. The number of nitrogens with zero attached hydrogens (tertiary/aromatic N) is 1. The molecule has 0 radical (unpaired) electrons. The molecule has 1 aromatic carbocycles. The Balaban J connectivity index is 2.45. The molecule has 112 valence electrons. The zero-order valence-corrected chi connectivity index (χ0v) is 12.0. The maximum Gasteiger partial charge on any atom is 0.335 e. The molecule has 1 aliphatic heterocycles. The molecule has 6 heteroatoms. The number of carboxylic acids is 1. The van der Waals surface area contributed by atoms with Gasteiger partial charge in [-0.25, -0.2) is 9.69 Å². The molecular formula is C15H18N2O4. The van der Waals surface area contributed by atoms with E-state index in [9.17, 15) is 14.4 Å². The van der Waals surface area contributed by atoms with Crippen molar-refractivity contribution >= 4 is 29.2 Å². The summed E-state index contributed by atoms with van der Waals surface area (Å²) in [6, 6.07) is 4.01. The molecule has 0 aliphatic carbocycles. The molecule has 0 bridgehead atoms. The van der Waals surface area contributed by atoms with E-state index >= 15 is 0 Å². The molecule has 1 heterocycles. The Hall–Kier alpha value is -2.37. The number of carbonyl (C=O) groups excluding carboxylic acids is 2. The first-order valence-electron chi connectivity index (χ1n) is 6.86. The fourth-order valence-electron chi connectivity index (χ4n) is 2.73. The van der Waals surface area contributed by atoms with Gasteiger partial charge in [0.2, 0.25) is 11.8 Å². The van der Waals surface area contributed by atoms with Crippen LogP contribution in [0, 0.1) is 5.41 Å². The van der Waals surface area contributed by atoms with Crippen molar-refractivity contribution in [3.05, 3.63) is 23.8 Å². The number of carbonyl (C=O) groups is 3. The molecule has 2 rings (SSSR count). The van der Waals surface area contributed by atoms with Crippen LogP contribution in [-0.4, -0.2) is 22.9 Å². The fourth-order valence-corrected chi connectivity index (χ4v) is 2.73. The Bertz CT molecular complexity index is 620. The van der Waals surface area contributed by atoms with Crippen LogP contribution in [0.3, 0.4) is 0 Å². The molecule has 0 unspecified atom stereocenters. The maximum atomic E-state index is 12.6. The van der Waals surface area contributed by atoms with Gasteiger partial charge in [0, 0.05) is 6.42 Å². The van der Waals surface area contributed by atoms with Gasteiger partial charge in [-0.05, 0) is 31.0 Å². The molecule has 21 heavy (non-hydrogen) atoms. The Labute approximate surface area is 122 Å². The number of aromatic carboxylic acids is 1. The summed E-state index contributed by atoms with van der Waals surface area (Å²) in [7, 11) is 0. The Morgan fingerprint density at radius 1 is 1.33 bits per heavy atom. The first-order chi connectivity index (χ1) is 9.86. The summed E-state index contributed by atoms with van der Waals surface area (Å²) in [6.45, 7) is 3.77. The maximum absolute atomic E-state index is 12.6. The number of anilines is 2. The highest BCUT2D eigenvalue weighted by Crippen LogP contribution is 2.42. The SMILES string of the molecule is CCC1(CC)CC(=O)N(c2ccc(C(=O)O)cc2N)C1=O. The summed E-state index contributed by atoms with van der Waals surface area (Å²) in [5.74, 6) is -1.66. The number of carboxylic acid groups (broad SMARTS) is 1. The van der Waals surface area contributed by atoms with E-state index in [1.165, 1.54) is 18.2 Å². The third-order valence-corrected chi connectivity index (χ3v) is 4.26. The minimum atomic E-state index is -1.11. The van der Waals surface area contributed by atoms with Crippen molar-refractivity contribution in [2.45, 2.75) is 33.1 Å². The lowest BCUT2D eigenvalue weighted by Gasteiger charge is -2.24. The average Bonchev–Trinajstić information content (AvgIpc) is 2.70. The third-order valence-electron chi connectivity index (χ3n) is 4.26. The van der Waals surface area contributed by atoms with Gasteiger partial charge in [-0.3, -0.25) is 9.59 Å². The number of benzene rings is 1. The lowest BCUT2D eigenvalue weighted by atomic mass is 9.81. The van der Waals surface area contributed by atoms with Crippen molar-refractivity contribution in [1.29, 1.82) is 0 Å². The monoisotopic (exact) mass is 290 g/mol. The van der Waals surface area contributed by atoms with Gasteiger partial charge in [-0.1, -0.05) is 13.8 Å². The van der Waals surface area contributed by atoms with Crippen LogP contribution in [0.4, 0.5) is 11.4 Å². The van der Waals surface area contributed by atoms with Gasteiger partial charge in [-0.2, -0.15) is 0 Å². The normalized spacial score (nSPS) is 17.3. The van der Waals surface area contributed by atoms with E-state index in [1.54, 1.807) is 0 Å². The van der Waals surface area contributed by atoms with Gasteiger partial charge in [0.1, 0.15) is 0 Å². The van der Waals surface area contributed by atoms with Crippen LogP contribution in [0.1, 0.15) is 43.5 Å². The summed E-state index contributed by atoms with van der Waals surface area (Å²) in [5, 5.41) is 8.93. The molecule has 6 nitrogen and oxygen atoms in total. The lowest BCUT2D eigenvalue weighted by molar-refractivity contribution is -0.126. The highest BCUT2D eigenvalue weighted by molar-refractivity contribution is 6.23. The molecule has 0 saturated carbocycles. The molecule has 1 saturated heterocycles. The molecule has 1 fully saturated rings. The zero-order valence-electron chi connectivity index (χ0n) is 12.0. The summed E-state index contributed by atoms with van der Waals surface area (Å²) in [5.41, 5.74) is 5.55. The molecule has 2 amide bonds. The van der Waals surface area contributed by atoms with E-state index in [4.69, 9.17) is 10.8 Å². The van der Waals surface area contributed by atoms with E-state index < -0.39 is 11.4 Å². The first kappa shape index (κ1) is 15.0. The van der Waals surface area contributed by atoms with Crippen LogP contribution in [0.15, 0.2) is 18.2 Å². The molecule has 3 N–H and O–H groups in total. The number of amides is 2. The van der Waals surface area contributed by atoms with Gasteiger partial charge in [0.15, 0.2) is 0 Å². The summed E-state index contributed by atoms with van der Waals surface area (Å²) < 4.78 is 0. The number of nitrogens with two attached hydrogens (primary N) is 1. The molecule has 1 aromatic rings. The van der Waals surface area contributed by atoms with E-state index in [2.05, 4.69) is 0 Å². The number of hydrogen-bond donors (Lipinski definition) is 2. The van der Waals surface area contributed by atoms with Crippen LogP contribution in [-0.2, 0) is 9.59 Å². The van der Waals surface area contributed by atoms with Crippen LogP contribution >= 0.6 is 0 Å². The van der Waals surface area contributed by atoms with E-state index in [0.717, 1.165) is 4.90 Å². The molecule has 1 aliphatic rings. The minimum Gasteiger partial charge on any atom is -0.478 e. The smallest absolute Gasteiger partial charge is 0.335 e. The standard InChI is InChI=1S/C15H18N2O4/c1-3-15(4-2)8-12(18)17(14(15)21)11-6-5-9(13(19)20)7-10(11)16/h5-7H,3-4,8,16H2,1-2H3,(H,19,20). The van der Waals surface area contributed by atoms with E-state index in [0.29, 0.717) is 12.8 Å². The highest BCUT2D eigenvalue weighted by Gasteiger charge is 2.50. The summed E-state index contributed by atoms with van der Waals surface area (Å²) in [4.78, 5) is 36.8. The van der Waals surface area contributed by atoms with Gasteiger partial charge < -0.3 is 10.8 Å². The number of rotatable bonds is 4. The molecule has 0 spiro atoms. The van der Waals surface area contributed by atoms with Crippen molar-refractivity contribution < 1.29 is 19.5 Å². The van der Waals surface area contributed by atoms with Crippen LogP contribution < -0.4 is 10.6 Å². The van der Waals surface area contributed by atoms with Crippen molar-refractivity contribution in [2.75, 3.05) is 10.6 Å². The number of hydrogen-bond acceptors (Lipinski definition) is 4. The second-order valence-corrected chi connectivity index (χ2v) is 5.28. The molecule has 0 aromatic heterocycles. The van der Waals surface area contributed by atoms with Crippen molar-refractivity contribution in [3.8, 4) is 0 Å². The zero-order chi connectivity index (χ0) is 15.8. The quantitative estimate of drug-likeness (QED) is 0.652. The van der Waals surface area contributed by atoms with E-state index in [-0.39, 0.29) is 35.2 Å². The van der Waals surface area contributed by atoms with Crippen molar-refractivity contribution in [1.82, 2.24) is 0 Å². The van der Waals surface area contributed by atoms with Gasteiger partial charge in [0.05, 0.1) is 22.4 Å². The second-order valence-electron chi connectivity index (χ2n) is 5.28. The minimum absolute atomic E-state index is 0.0209. The van der Waals surface area contributed by atoms with Crippen molar-refractivity contribution in [2.24, 2.45) is 5.41 Å². The Morgan fingerprint density at radius 2 is 1.95 bits per heavy atom. The average molecular weight is 290 g/mol. The Kier molecular flexibility index (Phi) is 3.72. The van der Waals surface area contributed by atoms with Crippen LogP contribution in [0.2, 0.25) is 0 Å². The number of nitrogen functional groups attached to an aromatic ring is 1. The molecular weight excluding hydrogens is 272 g/mol. The topological polar surface area (TPSA) is 101 Å². The molecule has 0 atom stereocenters. The summed E-state index contributed by atoms with van der Waals surface area (Å²) >= 11 is 0. The van der Waals surface area contributed by atoms with Crippen molar-refractivity contribution in [3.63, 3.8) is 0 Å². The fraction of sp³-hybridized carbons (Fsp3) is 0.400. The second kappa shape index (κ2) is 5.20. The van der Waals surface area contributed by atoms with Crippen LogP contribution in [0.25, 0.3) is 0 Å². The lowest BCUT2D eigenvalue weighted by Crippen LogP contribution is -2.35. The first-order valence-corrected chi connectivity index (χ1v) is 6.86. The third kappa shape index (κ3) is 2.26. The summed E-state index contributed by atoms with van der Waals surface area (Å²) in [6.07, 6.45) is 1.33. The van der Waals surface area contributed by atoms with Crippen LogP contribution in [0.5, 0.6) is 0 Å². The van der Waals surface area contributed by atoms with Gasteiger partial charge in [0.25, 0.3) is 0 Å². The van der Waals surface area contributed by atoms with Gasteiger partial charge in [-0.15, -0.1) is 0 Å². The highest BCUT2D eigenvalue weighted by atomic mass is 16.4. The predicted molar refractivity (Wildman–Crippen MR) is 77.9 cm³/mol. The van der Waals surface area contributed by atoms with Gasteiger partial charge >= 0.3 is 5.97 Å².